The first-order valence-corrected chi connectivity index (χ1v) is 6.33. The molecule has 0 aliphatic carbocycles. The van der Waals surface area contributed by atoms with E-state index in [1.54, 1.807) is 0 Å². The normalized spacial score (nSPS) is 13.3. The van der Waals surface area contributed by atoms with E-state index in [0.29, 0.717) is 18.0 Å². The third kappa shape index (κ3) is 3.10. The monoisotopic (exact) mass is 254 g/mol. The molecule has 1 heterocycles. The summed E-state index contributed by atoms with van der Waals surface area (Å²) in [5.41, 5.74) is 0.0237. The predicted molar refractivity (Wildman–Crippen MR) is 69.8 cm³/mol. The Kier molecular flexibility index (Phi) is 4.90. The number of hydrogen-bond donors (Lipinski definition) is 2. The maximum atomic E-state index is 11.9. The van der Waals surface area contributed by atoms with Gasteiger partial charge in [0.15, 0.2) is 0 Å². The molecule has 0 radical (unpaired) electrons. The van der Waals surface area contributed by atoms with Gasteiger partial charge < -0.3 is 14.8 Å². The fraction of sp³-hybridized carbons (Fsp3) is 0.692. The van der Waals surface area contributed by atoms with Gasteiger partial charge in [0, 0.05) is 6.61 Å². The highest BCUT2D eigenvalue weighted by molar-refractivity contribution is 5.26. The summed E-state index contributed by atoms with van der Waals surface area (Å²) in [6, 6.07) is 0. The van der Waals surface area contributed by atoms with Gasteiger partial charge in [0.05, 0.1) is 5.56 Å². The molecule has 1 aromatic rings. The summed E-state index contributed by atoms with van der Waals surface area (Å²) < 4.78 is 5.56. The minimum Gasteiger partial charge on any atom is -0.493 e. The quantitative estimate of drug-likeness (QED) is 0.845. The fourth-order valence-electron chi connectivity index (χ4n) is 1.91. The average molecular weight is 254 g/mol. The zero-order valence-corrected chi connectivity index (χ0v) is 11.7. The molecule has 0 amide bonds. The van der Waals surface area contributed by atoms with Crippen LogP contribution in [0.25, 0.3) is 0 Å². The van der Waals surface area contributed by atoms with Gasteiger partial charge in [0.25, 0.3) is 5.56 Å². The first kappa shape index (κ1) is 14.7. The van der Waals surface area contributed by atoms with Crippen molar-refractivity contribution in [2.24, 2.45) is 5.92 Å². The van der Waals surface area contributed by atoms with Crippen LogP contribution in [0.2, 0.25) is 0 Å². The van der Waals surface area contributed by atoms with E-state index >= 15 is 0 Å². The third-order valence-corrected chi connectivity index (χ3v) is 2.75. The van der Waals surface area contributed by atoms with E-state index in [1.807, 2.05) is 34.6 Å². The first-order chi connectivity index (χ1) is 8.38. The zero-order chi connectivity index (χ0) is 13.9. The third-order valence-electron chi connectivity index (χ3n) is 2.75. The molecule has 18 heavy (non-hydrogen) atoms. The summed E-state index contributed by atoms with van der Waals surface area (Å²) in [6.07, 6.45) is -0.310. The van der Waals surface area contributed by atoms with Crippen molar-refractivity contribution in [2.75, 3.05) is 6.61 Å². The number of H-pyrrole nitrogens is 1. The van der Waals surface area contributed by atoms with Gasteiger partial charge in [-0.3, -0.25) is 4.79 Å². The van der Waals surface area contributed by atoms with E-state index < -0.39 is 0 Å². The molecule has 5 nitrogen and oxygen atoms in total. The Bertz CT molecular complexity index is 452. The van der Waals surface area contributed by atoms with Gasteiger partial charge in [-0.15, -0.1) is 0 Å². The summed E-state index contributed by atoms with van der Waals surface area (Å²) >= 11 is 0. The average Bonchev–Trinajstić information content (AvgIpc) is 2.23. The lowest BCUT2D eigenvalue weighted by Crippen LogP contribution is -2.23. The van der Waals surface area contributed by atoms with Crippen molar-refractivity contribution < 1.29 is 9.84 Å². The first-order valence-electron chi connectivity index (χ1n) is 6.33. The highest BCUT2D eigenvalue weighted by Crippen LogP contribution is 2.25. The highest BCUT2D eigenvalue weighted by Gasteiger charge is 2.22. The number of aromatic amines is 1. The largest absolute Gasteiger partial charge is 0.493 e. The molecule has 0 fully saturated rings. The second-order valence-corrected chi connectivity index (χ2v) is 4.96. The number of hydrogen-bond acceptors (Lipinski definition) is 4. The number of nitrogens with zero attached hydrogens (tertiary/aromatic N) is 1. The van der Waals surface area contributed by atoms with Gasteiger partial charge >= 0.3 is 0 Å². The summed E-state index contributed by atoms with van der Waals surface area (Å²) in [4.78, 5) is 18.7. The lowest BCUT2D eigenvalue weighted by molar-refractivity contribution is 0.0225. The van der Waals surface area contributed by atoms with Crippen LogP contribution in [0, 0.1) is 5.92 Å². The Morgan fingerprint density at radius 1 is 1.33 bits per heavy atom. The minimum absolute atomic E-state index is 0.0695. The summed E-state index contributed by atoms with van der Waals surface area (Å²) in [6.45, 7) is 10.1. The molecule has 102 valence electrons. The van der Waals surface area contributed by atoms with E-state index in [4.69, 9.17) is 4.74 Å². The van der Waals surface area contributed by atoms with E-state index in [1.165, 1.54) is 0 Å². The van der Waals surface area contributed by atoms with Crippen LogP contribution in [0.15, 0.2) is 4.79 Å². The lowest BCUT2D eigenvalue weighted by Gasteiger charge is -2.20. The van der Waals surface area contributed by atoms with Crippen molar-refractivity contribution in [1.29, 1.82) is 0 Å². The van der Waals surface area contributed by atoms with Crippen molar-refractivity contribution in [1.82, 2.24) is 9.97 Å². The van der Waals surface area contributed by atoms with Crippen molar-refractivity contribution in [2.45, 2.75) is 46.6 Å². The van der Waals surface area contributed by atoms with Gasteiger partial charge in [-0.1, -0.05) is 27.7 Å². The van der Waals surface area contributed by atoms with Crippen LogP contribution < -0.4 is 5.56 Å². The molecule has 0 spiro atoms. The molecule has 1 rings (SSSR count). The molecule has 1 aromatic heterocycles. The van der Waals surface area contributed by atoms with E-state index in [9.17, 15) is 9.90 Å². The highest BCUT2D eigenvalue weighted by atomic mass is 16.5. The van der Waals surface area contributed by atoms with Crippen LogP contribution in [0.1, 0.15) is 58.0 Å². The number of rotatable bonds is 5. The smallest absolute Gasteiger partial charge is 0.258 e. The summed E-state index contributed by atoms with van der Waals surface area (Å²) in [5.74, 6) is 0.283. The number of aromatic hydroxyl groups is 1. The second kappa shape index (κ2) is 6.00. The molecular formula is C13H22N2O3. The molecule has 0 bridgehead atoms. The number of nitrogens with one attached hydrogen (secondary N) is 1. The lowest BCUT2D eigenvalue weighted by atomic mass is 10.0. The Morgan fingerprint density at radius 3 is 2.33 bits per heavy atom. The maximum absolute atomic E-state index is 11.9. The molecule has 1 unspecified atom stereocenters. The summed E-state index contributed by atoms with van der Waals surface area (Å²) in [5, 5.41) is 9.85. The molecule has 0 aliphatic heterocycles. The van der Waals surface area contributed by atoms with Crippen LogP contribution in [-0.4, -0.2) is 21.7 Å². The van der Waals surface area contributed by atoms with Crippen molar-refractivity contribution >= 4 is 0 Å². The SMILES string of the molecule is CCOC(c1nc(O)c(C(C)C)c(=O)[nH]1)C(C)C. The van der Waals surface area contributed by atoms with Crippen LogP contribution in [0.3, 0.4) is 0 Å². The number of aromatic nitrogens is 2. The molecule has 0 aromatic carbocycles. The summed E-state index contributed by atoms with van der Waals surface area (Å²) in [7, 11) is 0. The standard InChI is InChI=1S/C13H22N2O3/c1-6-18-10(8(4)5)11-14-12(16)9(7(2)3)13(17)15-11/h7-8,10H,6H2,1-5H3,(H2,14,15,16,17). The second-order valence-electron chi connectivity index (χ2n) is 4.96. The molecule has 2 N–H and O–H groups in total. The van der Waals surface area contributed by atoms with Crippen molar-refractivity contribution in [3.8, 4) is 5.88 Å². The van der Waals surface area contributed by atoms with Gasteiger partial charge in [0.2, 0.25) is 5.88 Å². The van der Waals surface area contributed by atoms with Crippen LogP contribution in [-0.2, 0) is 4.74 Å². The van der Waals surface area contributed by atoms with E-state index in [0.717, 1.165) is 0 Å². The van der Waals surface area contributed by atoms with Gasteiger partial charge in [-0.2, -0.15) is 4.98 Å². The Labute approximate surface area is 107 Å². The molecule has 0 aliphatic rings. The molecule has 1 atom stereocenters. The Hall–Kier alpha value is -1.36. The fourth-order valence-corrected chi connectivity index (χ4v) is 1.91. The van der Waals surface area contributed by atoms with Crippen LogP contribution in [0.5, 0.6) is 5.88 Å². The van der Waals surface area contributed by atoms with E-state index in [-0.39, 0.29) is 29.4 Å². The van der Waals surface area contributed by atoms with Gasteiger partial charge in [-0.05, 0) is 18.8 Å². The zero-order valence-electron chi connectivity index (χ0n) is 11.7. The van der Waals surface area contributed by atoms with Crippen LogP contribution in [0.4, 0.5) is 0 Å². The number of ether oxygens (including phenoxy) is 1. The van der Waals surface area contributed by atoms with E-state index in [2.05, 4.69) is 9.97 Å². The van der Waals surface area contributed by atoms with Crippen LogP contribution >= 0.6 is 0 Å². The minimum atomic E-state index is -0.310. The maximum Gasteiger partial charge on any atom is 0.258 e. The molecular weight excluding hydrogens is 232 g/mol. The van der Waals surface area contributed by atoms with Gasteiger partial charge in [-0.25, -0.2) is 0 Å². The van der Waals surface area contributed by atoms with Crippen molar-refractivity contribution in [3.63, 3.8) is 0 Å². The van der Waals surface area contributed by atoms with Gasteiger partial charge in [0.1, 0.15) is 11.9 Å². The topological polar surface area (TPSA) is 75.2 Å². The van der Waals surface area contributed by atoms with Crippen molar-refractivity contribution in [3.05, 3.63) is 21.7 Å². The molecule has 0 saturated heterocycles. The molecule has 0 saturated carbocycles. The Morgan fingerprint density at radius 2 is 1.94 bits per heavy atom. The molecule has 5 heteroatoms. The Balaban J connectivity index is 3.23. The predicted octanol–water partition coefficient (Wildman–Crippen LogP) is 2.33.